The topological polar surface area (TPSA) is 52.7 Å². The van der Waals surface area contributed by atoms with Crippen molar-refractivity contribution in [1.29, 1.82) is 0 Å². The van der Waals surface area contributed by atoms with Gasteiger partial charge in [0.1, 0.15) is 0 Å². The van der Waals surface area contributed by atoms with Crippen molar-refractivity contribution < 1.29 is 9.59 Å². The number of hydrogen-bond acceptors (Lipinski definition) is 3. The number of rotatable bonds is 2. The van der Waals surface area contributed by atoms with Crippen molar-refractivity contribution in [2.45, 2.75) is 17.7 Å². The zero-order chi connectivity index (χ0) is 20.4. The van der Waals surface area contributed by atoms with Gasteiger partial charge in [-0.15, -0.1) is 11.8 Å². The van der Waals surface area contributed by atoms with Gasteiger partial charge in [0.15, 0.2) is 0 Å². The summed E-state index contributed by atoms with van der Waals surface area (Å²) >= 11 is 8.67. The van der Waals surface area contributed by atoms with Crippen molar-refractivity contribution in [2.24, 2.45) is 0 Å². The first-order valence-corrected chi connectivity index (χ1v) is 12.1. The maximum absolute atomic E-state index is 13.1. The van der Waals surface area contributed by atoms with E-state index in [0.29, 0.717) is 18.7 Å². The Morgan fingerprint density at radius 2 is 1.48 bits per heavy atom. The van der Waals surface area contributed by atoms with Crippen LogP contribution in [0.4, 0.5) is 10.5 Å². The molecule has 0 saturated carbocycles. The Kier molecular flexibility index (Phi) is 6.22. The third-order valence-corrected chi connectivity index (χ3v) is 8.05. The number of nitrogens with one attached hydrogen (secondary N) is 1. The molecule has 8 heteroatoms. The molecule has 2 aliphatic heterocycles. The zero-order valence-corrected chi connectivity index (χ0v) is 19.7. The molecule has 1 spiro atoms. The highest BCUT2D eigenvalue weighted by Gasteiger charge is 2.47. The summed E-state index contributed by atoms with van der Waals surface area (Å²) in [6.07, 6.45) is 1.57. The van der Waals surface area contributed by atoms with E-state index in [-0.39, 0.29) is 16.8 Å². The number of thioether (sulfide) groups is 1. The van der Waals surface area contributed by atoms with Crippen molar-refractivity contribution in [3.05, 3.63) is 63.0 Å². The van der Waals surface area contributed by atoms with E-state index in [4.69, 9.17) is 0 Å². The first-order chi connectivity index (χ1) is 14.0. The number of hydrogen-bond donors (Lipinski definition) is 1. The van der Waals surface area contributed by atoms with Crippen LogP contribution in [0, 0.1) is 0 Å². The van der Waals surface area contributed by atoms with Gasteiger partial charge in [-0.3, -0.25) is 4.79 Å². The first kappa shape index (κ1) is 20.8. The lowest BCUT2D eigenvalue weighted by Gasteiger charge is -2.44. The minimum Gasteiger partial charge on any atom is -0.324 e. The molecule has 5 nitrogen and oxygen atoms in total. The van der Waals surface area contributed by atoms with Crippen LogP contribution in [-0.4, -0.2) is 52.0 Å². The molecule has 29 heavy (non-hydrogen) atoms. The quantitative estimate of drug-likeness (QED) is 0.555. The molecule has 2 aliphatic rings. The Morgan fingerprint density at radius 3 is 2.10 bits per heavy atom. The molecule has 0 aromatic heterocycles. The summed E-state index contributed by atoms with van der Waals surface area (Å²) in [5.41, 5.74) is 1.49. The Labute approximate surface area is 191 Å². The average Bonchev–Trinajstić information content (AvgIpc) is 3.13. The second-order valence-corrected chi connectivity index (χ2v) is 10.5. The molecule has 2 aromatic rings. The number of benzene rings is 2. The smallest absolute Gasteiger partial charge is 0.321 e. The fourth-order valence-corrected chi connectivity index (χ4v) is 5.84. The molecule has 1 N–H and O–H groups in total. The van der Waals surface area contributed by atoms with Crippen molar-refractivity contribution in [2.75, 3.05) is 30.7 Å². The Hall–Kier alpha value is -1.51. The van der Waals surface area contributed by atoms with E-state index in [2.05, 4.69) is 37.2 Å². The van der Waals surface area contributed by atoms with E-state index in [0.717, 1.165) is 39.8 Å². The van der Waals surface area contributed by atoms with Crippen LogP contribution in [0.15, 0.2) is 57.5 Å². The number of amides is 3. The number of urea groups is 1. The normalized spacial score (nSPS) is 18.1. The maximum atomic E-state index is 13.1. The Morgan fingerprint density at radius 1 is 0.897 bits per heavy atom. The molecule has 2 fully saturated rings. The second kappa shape index (κ2) is 8.70. The van der Waals surface area contributed by atoms with Crippen molar-refractivity contribution in [1.82, 2.24) is 9.80 Å². The highest BCUT2D eigenvalue weighted by atomic mass is 79.9. The summed E-state index contributed by atoms with van der Waals surface area (Å²) in [6.45, 7) is 2.03. The van der Waals surface area contributed by atoms with Crippen LogP contribution >= 0.6 is 43.6 Å². The number of likely N-dealkylation sites (tertiary alicyclic amines) is 1. The van der Waals surface area contributed by atoms with Gasteiger partial charge in [0.05, 0.1) is 4.87 Å². The number of anilines is 1. The number of carbonyl (C=O) groups excluding carboxylic acids is 2. The van der Waals surface area contributed by atoms with Crippen LogP contribution < -0.4 is 5.32 Å². The van der Waals surface area contributed by atoms with Crippen LogP contribution in [0.3, 0.4) is 0 Å². The number of halogens is 2. The molecule has 3 amide bonds. The summed E-state index contributed by atoms with van der Waals surface area (Å²) in [4.78, 5) is 29.4. The van der Waals surface area contributed by atoms with E-state index >= 15 is 0 Å². The lowest BCUT2D eigenvalue weighted by Crippen LogP contribution is -2.54. The van der Waals surface area contributed by atoms with Crippen LogP contribution in [0.1, 0.15) is 23.2 Å². The molecule has 0 unspecified atom stereocenters. The standard InChI is InChI=1S/C21H21Br2N3O2S/c22-16-3-1-15(2-4-16)19(27)26-13-14-29-21(26)9-11-25(12-10-21)20(28)24-18-7-5-17(23)6-8-18/h1-8H,9-14H2,(H,24,28). The van der Waals surface area contributed by atoms with Gasteiger partial charge in [-0.2, -0.15) is 0 Å². The zero-order valence-electron chi connectivity index (χ0n) is 15.7. The van der Waals surface area contributed by atoms with Crippen LogP contribution in [0.25, 0.3) is 0 Å². The maximum Gasteiger partial charge on any atom is 0.321 e. The summed E-state index contributed by atoms with van der Waals surface area (Å²) in [6, 6.07) is 15.0. The SMILES string of the molecule is O=C(Nc1ccc(Br)cc1)N1CCC2(CC1)SCCN2C(=O)c1ccc(Br)cc1. The molecular weight excluding hydrogens is 518 g/mol. The highest BCUT2D eigenvalue weighted by molar-refractivity contribution is 9.10. The summed E-state index contributed by atoms with van der Waals surface area (Å²) in [7, 11) is 0. The minimum atomic E-state index is -0.210. The van der Waals surface area contributed by atoms with Gasteiger partial charge in [0.2, 0.25) is 0 Å². The first-order valence-electron chi connectivity index (χ1n) is 9.50. The fraction of sp³-hybridized carbons (Fsp3) is 0.333. The molecule has 2 aromatic carbocycles. The van der Waals surface area contributed by atoms with Crippen LogP contribution in [-0.2, 0) is 0 Å². The highest BCUT2D eigenvalue weighted by Crippen LogP contribution is 2.44. The van der Waals surface area contributed by atoms with E-state index in [1.54, 1.807) is 0 Å². The molecule has 0 atom stereocenters. The Balaban J connectivity index is 1.40. The Bertz CT molecular complexity index is 897. The van der Waals surface area contributed by atoms with Gasteiger partial charge in [0.25, 0.3) is 5.91 Å². The summed E-state index contributed by atoms with van der Waals surface area (Å²) in [5, 5.41) is 2.96. The monoisotopic (exact) mass is 537 g/mol. The lowest BCUT2D eigenvalue weighted by molar-refractivity contribution is 0.0585. The van der Waals surface area contributed by atoms with Crippen molar-refractivity contribution in [3.63, 3.8) is 0 Å². The second-order valence-electron chi connectivity index (χ2n) is 7.18. The molecule has 4 rings (SSSR count). The predicted molar refractivity (Wildman–Crippen MR) is 124 cm³/mol. The van der Waals surface area contributed by atoms with Gasteiger partial charge >= 0.3 is 6.03 Å². The molecule has 2 saturated heterocycles. The lowest BCUT2D eigenvalue weighted by atomic mass is 10.0. The van der Waals surface area contributed by atoms with E-state index in [1.807, 2.05) is 70.1 Å². The van der Waals surface area contributed by atoms with Crippen molar-refractivity contribution in [3.8, 4) is 0 Å². The van der Waals surface area contributed by atoms with Gasteiger partial charge in [-0.1, -0.05) is 31.9 Å². The number of carbonyl (C=O) groups is 2. The van der Waals surface area contributed by atoms with Gasteiger partial charge in [0, 0.05) is 45.6 Å². The van der Waals surface area contributed by atoms with Crippen LogP contribution in [0.5, 0.6) is 0 Å². The third kappa shape index (κ3) is 4.49. The van der Waals surface area contributed by atoms with Gasteiger partial charge in [-0.25, -0.2) is 4.79 Å². The van der Waals surface area contributed by atoms with Crippen LogP contribution in [0.2, 0.25) is 0 Å². The molecule has 2 heterocycles. The van der Waals surface area contributed by atoms with E-state index in [9.17, 15) is 9.59 Å². The molecule has 152 valence electrons. The van der Waals surface area contributed by atoms with E-state index in [1.165, 1.54) is 0 Å². The minimum absolute atomic E-state index is 0.0789. The molecular formula is C21H21Br2N3O2S. The van der Waals surface area contributed by atoms with Gasteiger partial charge in [-0.05, 0) is 61.4 Å². The summed E-state index contributed by atoms with van der Waals surface area (Å²) < 4.78 is 1.94. The molecule has 0 bridgehead atoms. The largest absolute Gasteiger partial charge is 0.324 e. The van der Waals surface area contributed by atoms with E-state index < -0.39 is 0 Å². The average molecular weight is 539 g/mol. The molecule has 0 aliphatic carbocycles. The summed E-state index contributed by atoms with van der Waals surface area (Å²) in [5.74, 6) is 1.02. The third-order valence-electron chi connectivity index (χ3n) is 5.44. The number of nitrogens with zero attached hydrogens (tertiary/aromatic N) is 2. The van der Waals surface area contributed by atoms with Crippen molar-refractivity contribution >= 4 is 61.2 Å². The number of piperidine rings is 1. The predicted octanol–water partition coefficient (Wildman–Crippen LogP) is 5.42. The molecule has 0 radical (unpaired) electrons. The van der Waals surface area contributed by atoms with Gasteiger partial charge < -0.3 is 15.1 Å². The fourth-order valence-electron chi connectivity index (χ4n) is 3.85.